The molecule has 0 spiro atoms. The Labute approximate surface area is 139 Å². The molecular weight excluding hydrogens is 310 g/mol. The summed E-state index contributed by atoms with van der Waals surface area (Å²) in [7, 11) is 0. The molecule has 0 aliphatic heterocycles. The standard InChI is InChI=1S/C18H16ClN3O/c1-4-14-15-7-12(5-6-16(15)22-10(2)17(14)19)13-8-20-18(11(3)23)21-9-13/h4-9,11,23H,1H2,2-3H3. The molecule has 2 heterocycles. The molecule has 4 nitrogen and oxygen atoms in total. The van der Waals surface area contributed by atoms with Gasteiger partial charge in [0, 0.05) is 28.9 Å². The van der Waals surface area contributed by atoms with Gasteiger partial charge < -0.3 is 5.11 Å². The van der Waals surface area contributed by atoms with Crippen LogP contribution >= 0.6 is 11.6 Å². The summed E-state index contributed by atoms with van der Waals surface area (Å²) in [5, 5.41) is 11.0. The zero-order valence-corrected chi connectivity index (χ0v) is 13.7. The zero-order chi connectivity index (χ0) is 16.6. The molecule has 0 aliphatic carbocycles. The van der Waals surface area contributed by atoms with Gasteiger partial charge in [0.25, 0.3) is 0 Å². The number of aryl methyl sites for hydroxylation is 1. The van der Waals surface area contributed by atoms with Gasteiger partial charge in [-0.25, -0.2) is 9.97 Å². The summed E-state index contributed by atoms with van der Waals surface area (Å²) in [5.41, 5.74) is 4.35. The summed E-state index contributed by atoms with van der Waals surface area (Å²) >= 11 is 6.34. The highest BCUT2D eigenvalue weighted by molar-refractivity contribution is 6.33. The predicted molar refractivity (Wildman–Crippen MR) is 93.2 cm³/mol. The van der Waals surface area contributed by atoms with Crippen molar-refractivity contribution in [2.75, 3.05) is 0 Å². The van der Waals surface area contributed by atoms with Crippen molar-refractivity contribution in [3.8, 4) is 11.1 Å². The molecule has 1 unspecified atom stereocenters. The highest BCUT2D eigenvalue weighted by Gasteiger charge is 2.11. The van der Waals surface area contributed by atoms with Crippen LogP contribution in [0.4, 0.5) is 0 Å². The Kier molecular flexibility index (Phi) is 4.11. The molecule has 0 radical (unpaired) electrons. The molecule has 1 N–H and O–H groups in total. The quantitative estimate of drug-likeness (QED) is 0.777. The Morgan fingerprint density at radius 1 is 1.22 bits per heavy atom. The first-order chi connectivity index (χ1) is 11.0. The van der Waals surface area contributed by atoms with Crippen molar-refractivity contribution < 1.29 is 5.11 Å². The summed E-state index contributed by atoms with van der Waals surface area (Å²) in [4.78, 5) is 12.9. The highest BCUT2D eigenvalue weighted by atomic mass is 35.5. The maximum absolute atomic E-state index is 9.49. The lowest BCUT2D eigenvalue weighted by atomic mass is 10.0. The number of hydrogen-bond acceptors (Lipinski definition) is 4. The number of nitrogens with zero attached hydrogens (tertiary/aromatic N) is 3. The third-order valence-electron chi connectivity index (χ3n) is 3.71. The third kappa shape index (κ3) is 2.83. The van der Waals surface area contributed by atoms with Crippen molar-refractivity contribution in [1.82, 2.24) is 15.0 Å². The number of aromatic nitrogens is 3. The van der Waals surface area contributed by atoms with Crippen molar-refractivity contribution >= 4 is 28.6 Å². The summed E-state index contributed by atoms with van der Waals surface area (Å²) < 4.78 is 0. The van der Waals surface area contributed by atoms with Crippen LogP contribution in [-0.4, -0.2) is 20.1 Å². The maximum atomic E-state index is 9.49. The fraction of sp³-hybridized carbons (Fsp3) is 0.167. The number of rotatable bonds is 3. The smallest absolute Gasteiger partial charge is 0.156 e. The third-order valence-corrected chi connectivity index (χ3v) is 4.19. The zero-order valence-electron chi connectivity index (χ0n) is 12.9. The monoisotopic (exact) mass is 325 g/mol. The molecule has 3 rings (SSSR count). The van der Waals surface area contributed by atoms with Crippen molar-refractivity contribution in [1.29, 1.82) is 0 Å². The molecule has 0 aliphatic rings. The number of benzene rings is 1. The van der Waals surface area contributed by atoms with Crippen LogP contribution in [0, 0.1) is 6.92 Å². The largest absolute Gasteiger partial charge is 0.385 e. The highest BCUT2D eigenvalue weighted by Crippen LogP contribution is 2.31. The van der Waals surface area contributed by atoms with Gasteiger partial charge in [0.05, 0.1) is 16.2 Å². The summed E-state index contributed by atoms with van der Waals surface area (Å²) in [6.07, 6.45) is 4.47. The van der Waals surface area contributed by atoms with Crippen LogP contribution < -0.4 is 0 Å². The minimum atomic E-state index is -0.681. The van der Waals surface area contributed by atoms with Crippen LogP contribution in [0.2, 0.25) is 5.02 Å². The molecule has 3 aromatic rings. The Bertz CT molecular complexity index is 889. The Morgan fingerprint density at radius 3 is 2.52 bits per heavy atom. The number of aliphatic hydroxyl groups excluding tert-OH is 1. The van der Waals surface area contributed by atoms with Gasteiger partial charge in [-0.2, -0.15) is 0 Å². The van der Waals surface area contributed by atoms with Gasteiger partial charge in [-0.05, 0) is 31.5 Å². The normalized spacial score (nSPS) is 12.3. The topological polar surface area (TPSA) is 58.9 Å². The molecule has 0 saturated carbocycles. The van der Waals surface area contributed by atoms with E-state index >= 15 is 0 Å². The lowest BCUT2D eigenvalue weighted by molar-refractivity contribution is 0.189. The minimum Gasteiger partial charge on any atom is -0.385 e. The molecule has 5 heteroatoms. The van der Waals surface area contributed by atoms with Gasteiger partial charge in [0.1, 0.15) is 6.10 Å². The summed E-state index contributed by atoms with van der Waals surface area (Å²) in [6, 6.07) is 5.92. The molecule has 1 atom stereocenters. The molecule has 0 bridgehead atoms. The van der Waals surface area contributed by atoms with Crippen LogP contribution in [0.5, 0.6) is 0 Å². The van der Waals surface area contributed by atoms with E-state index in [9.17, 15) is 5.11 Å². The van der Waals surface area contributed by atoms with Crippen molar-refractivity contribution in [3.63, 3.8) is 0 Å². The van der Waals surface area contributed by atoms with Gasteiger partial charge in [0.15, 0.2) is 5.82 Å². The maximum Gasteiger partial charge on any atom is 0.156 e. The Morgan fingerprint density at radius 2 is 1.91 bits per heavy atom. The van der Waals surface area contributed by atoms with Gasteiger partial charge >= 0.3 is 0 Å². The van der Waals surface area contributed by atoms with E-state index in [-0.39, 0.29) is 0 Å². The van der Waals surface area contributed by atoms with Crippen LogP contribution in [0.15, 0.2) is 37.2 Å². The van der Waals surface area contributed by atoms with Gasteiger partial charge in [-0.3, -0.25) is 4.98 Å². The fourth-order valence-electron chi connectivity index (χ4n) is 2.47. The van der Waals surface area contributed by atoms with Crippen molar-refractivity contribution in [3.05, 3.63) is 59.3 Å². The molecule has 116 valence electrons. The number of halogens is 1. The second kappa shape index (κ2) is 6.07. The summed E-state index contributed by atoms with van der Waals surface area (Å²) in [5.74, 6) is 0.404. The molecule has 0 amide bonds. The number of aliphatic hydroxyl groups is 1. The van der Waals surface area contributed by atoms with Crippen LogP contribution in [0.3, 0.4) is 0 Å². The first-order valence-corrected chi connectivity index (χ1v) is 7.61. The van der Waals surface area contributed by atoms with E-state index in [2.05, 4.69) is 21.5 Å². The molecule has 1 aromatic carbocycles. The van der Waals surface area contributed by atoms with E-state index in [4.69, 9.17) is 11.6 Å². The first-order valence-electron chi connectivity index (χ1n) is 7.24. The van der Waals surface area contributed by atoms with Gasteiger partial charge in [0.2, 0.25) is 0 Å². The van der Waals surface area contributed by atoms with Crippen molar-refractivity contribution in [2.45, 2.75) is 20.0 Å². The van der Waals surface area contributed by atoms with E-state index in [0.29, 0.717) is 10.8 Å². The Hall–Kier alpha value is -2.30. The first kappa shape index (κ1) is 15.6. The van der Waals surface area contributed by atoms with Crippen LogP contribution in [-0.2, 0) is 0 Å². The average molecular weight is 326 g/mol. The van der Waals surface area contributed by atoms with E-state index in [1.165, 1.54) is 0 Å². The second-order valence-corrected chi connectivity index (χ2v) is 5.74. The number of fused-ring (bicyclic) bond motifs is 1. The average Bonchev–Trinajstić information content (AvgIpc) is 2.56. The second-order valence-electron chi connectivity index (χ2n) is 5.37. The lowest BCUT2D eigenvalue weighted by Gasteiger charge is -2.10. The van der Waals surface area contributed by atoms with Crippen LogP contribution in [0.1, 0.15) is 30.1 Å². The lowest BCUT2D eigenvalue weighted by Crippen LogP contribution is -1.99. The van der Waals surface area contributed by atoms with E-state index < -0.39 is 6.10 Å². The van der Waals surface area contributed by atoms with Crippen molar-refractivity contribution in [2.24, 2.45) is 0 Å². The van der Waals surface area contributed by atoms with E-state index in [0.717, 1.165) is 33.3 Å². The van der Waals surface area contributed by atoms with Crippen LogP contribution in [0.25, 0.3) is 28.1 Å². The fourth-order valence-corrected chi connectivity index (χ4v) is 2.70. The predicted octanol–water partition coefficient (Wildman–Crippen LogP) is 4.35. The van der Waals surface area contributed by atoms with E-state index in [1.807, 2.05) is 25.1 Å². The SMILES string of the molecule is C=Cc1c(Cl)c(C)nc2ccc(-c3cnc(C(C)O)nc3)cc12. The number of pyridine rings is 1. The number of hydrogen-bond donors (Lipinski definition) is 1. The molecular formula is C18H16ClN3O. The summed E-state index contributed by atoms with van der Waals surface area (Å²) in [6.45, 7) is 7.37. The molecule has 0 fully saturated rings. The minimum absolute atomic E-state index is 0.404. The molecule has 23 heavy (non-hydrogen) atoms. The Balaban J connectivity index is 2.16. The van der Waals surface area contributed by atoms with Gasteiger partial charge in [-0.15, -0.1) is 0 Å². The molecule has 0 saturated heterocycles. The van der Waals surface area contributed by atoms with E-state index in [1.54, 1.807) is 25.4 Å². The van der Waals surface area contributed by atoms with Gasteiger partial charge in [-0.1, -0.05) is 30.3 Å². The molecule has 2 aromatic heterocycles.